The minimum Gasteiger partial charge on any atom is -0.320 e. The summed E-state index contributed by atoms with van der Waals surface area (Å²) in [7, 11) is 1.88. The molecule has 1 heterocycles. The Hall–Kier alpha value is -1.87. The normalized spacial score (nSPS) is 17.7. The van der Waals surface area contributed by atoms with E-state index in [4.69, 9.17) is 5.73 Å². The van der Waals surface area contributed by atoms with Crippen molar-refractivity contribution in [3.05, 3.63) is 68.1 Å². The molecule has 120 valence electrons. The van der Waals surface area contributed by atoms with Crippen LogP contribution in [0.2, 0.25) is 0 Å². The van der Waals surface area contributed by atoms with Crippen molar-refractivity contribution in [1.82, 2.24) is 4.57 Å². The summed E-state index contributed by atoms with van der Waals surface area (Å²) in [6.07, 6.45) is 8.06. The summed E-state index contributed by atoms with van der Waals surface area (Å²) >= 11 is 0. The fourth-order valence-corrected chi connectivity index (χ4v) is 4.20. The molecule has 2 N–H and O–H groups in total. The molecule has 0 amide bonds. The zero-order valence-electron chi connectivity index (χ0n) is 13.8. The van der Waals surface area contributed by atoms with Gasteiger partial charge in [0.1, 0.15) is 0 Å². The van der Waals surface area contributed by atoms with E-state index in [9.17, 15) is 4.79 Å². The lowest BCUT2D eigenvalue weighted by molar-refractivity contribution is 0.681. The second kappa shape index (κ2) is 5.64. The van der Waals surface area contributed by atoms with E-state index in [2.05, 4.69) is 24.3 Å². The monoisotopic (exact) mass is 308 g/mol. The van der Waals surface area contributed by atoms with Gasteiger partial charge in [-0.2, -0.15) is 0 Å². The summed E-state index contributed by atoms with van der Waals surface area (Å²) in [5, 5.41) is 0. The van der Waals surface area contributed by atoms with Crippen molar-refractivity contribution in [3.8, 4) is 0 Å². The first-order valence-corrected chi connectivity index (χ1v) is 8.74. The number of aromatic nitrogens is 1. The second-order valence-corrected chi connectivity index (χ2v) is 7.00. The number of fused-ring (bicyclic) bond motifs is 2. The number of rotatable bonds is 2. The van der Waals surface area contributed by atoms with Crippen LogP contribution < -0.4 is 11.3 Å². The van der Waals surface area contributed by atoms with E-state index in [0.717, 1.165) is 36.8 Å². The lowest BCUT2D eigenvalue weighted by atomic mass is 9.88. The average Bonchev–Trinajstić information content (AvgIpc) is 3.06. The van der Waals surface area contributed by atoms with Gasteiger partial charge in [-0.3, -0.25) is 4.79 Å². The van der Waals surface area contributed by atoms with Gasteiger partial charge in [0.25, 0.3) is 5.56 Å². The van der Waals surface area contributed by atoms with Gasteiger partial charge in [0.15, 0.2) is 0 Å². The zero-order chi connectivity index (χ0) is 16.0. The molecule has 3 nitrogen and oxygen atoms in total. The van der Waals surface area contributed by atoms with Crippen LogP contribution in [0, 0.1) is 0 Å². The quantitative estimate of drug-likeness (QED) is 0.927. The predicted octanol–water partition coefficient (Wildman–Crippen LogP) is 2.80. The first-order valence-electron chi connectivity index (χ1n) is 8.74. The minimum absolute atomic E-state index is 0.0656. The molecule has 2 aliphatic carbocycles. The van der Waals surface area contributed by atoms with E-state index in [1.54, 1.807) is 0 Å². The number of hydrogen-bond donors (Lipinski definition) is 1. The van der Waals surface area contributed by atoms with Gasteiger partial charge in [0.05, 0.1) is 6.04 Å². The Bertz CT molecular complexity index is 819. The molecule has 0 saturated carbocycles. The number of benzene rings is 1. The molecule has 1 atom stereocenters. The largest absolute Gasteiger partial charge is 0.320 e. The zero-order valence-corrected chi connectivity index (χ0v) is 13.8. The van der Waals surface area contributed by atoms with E-state index >= 15 is 0 Å². The van der Waals surface area contributed by atoms with E-state index in [1.807, 2.05) is 11.6 Å². The molecular weight excluding hydrogens is 284 g/mol. The van der Waals surface area contributed by atoms with Crippen LogP contribution in [0.15, 0.2) is 29.1 Å². The van der Waals surface area contributed by atoms with Crippen molar-refractivity contribution >= 4 is 0 Å². The first-order chi connectivity index (χ1) is 11.1. The van der Waals surface area contributed by atoms with Gasteiger partial charge >= 0.3 is 0 Å². The molecule has 1 aromatic carbocycles. The Morgan fingerprint density at radius 3 is 2.52 bits per heavy atom. The Morgan fingerprint density at radius 1 is 0.957 bits per heavy atom. The topological polar surface area (TPSA) is 48.0 Å². The smallest absolute Gasteiger partial charge is 0.255 e. The standard InChI is InChI=1S/C20H24N2O/c1-22-18-8-4-7-15(18)12-17(20(22)23)19(21)16-10-9-13-5-2-3-6-14(13)11-16/h9-12,19H,2-8,21H2,1H3. The summed E-state index contributed by atoms with van der Waals surface area (Å²) in [6, 6.07) is 8.29. The number of nitrogens with two attached hydrogens (primary N) is 1. The number of hydrogen-bond acceptors (Lipinski definition) is 2. The van der Waals surface area contributed by atoms with Crippen LogP contribution in [0.25, 0.3) is 0 Å². The van der Waals surface area contributed by atoms with Crippen LogP contribution in [-0.2, 0) is 32.7 Å². The molecule has 1 aromatic heterocycles. The Balaban J connectivity index is 1.76. The van der Waals surface area contributed by atoms with Crippen molar-refractivity contribution in [2.75, 3.05) is 0 Å². The van der Waals surface area contributed by atoms with Crippen molar-refractivity contribution < 1.29 is 0 Å². The van der Waals surface area contributed by atoms with Crippen LogP contribution >= 0.6 is 0 Å². The van der Waals surface area contributed by atoms with Gasteiger partial charge in [-0.15, -0.1) is 0 Å². The minimum atomic E-state index is -0.327. The molecule has 0 fully saturated rings. The second-order valence-electron chi connectivity index (χ2n) is 7.00. The third-order valence-corrected chi connectivity index (χ3v) is 5.58. The lowest BCUT2D eigenvalue weighted by Gasteiger charge is -2.20. The van der Waals surface area contributed by atoms with Crippen LogP contribution in [0.4, 0.5) is 0 Å². The molecule has 0 radical (unpaired) electrons. The van der Waals surface area contributed by atoms with E-state index in [-0.39, 0.29) is 11.6 Å². The predicted molar refractivity (Wildman–Crippen MR) is 92.8 cm³/mol. The van der Waals surface area contributed by atoms with E-state index in [1.165, 1.54) is 41.6 Å². The number of aryl methyl sites for hydroxylation is 3. The highest BCUT2D eigenvalue weighted by molar-refractivity contribution is 5.40. The summed E-state index contributed by atoms with van der Waals surface area (Å²) in [6.45, 7) is 0. The Labute approximate surface area is 137 Å². The SMILES string of the molecule is Cn1c2c(cc(C(N)c3ccc4c(c3)CCCC4)c1=O)CCC2. The maximum atomic E-state index is 12.7. The highest BCUT2D eigenvalue weighted by Crippen LogP contribution is 2.28. The molecule has 23 heavy (non-hydrogen) atoms. The van der Waals surface area contributed by atoms with Gasteiger partial charge in [-0.05, 0) is 73.3 Å². The maximum absolute atomic E-state index is 12.7. The molecule has 1 unspecified atom stereocenters. The molecule has 3 heteroatoms. The summed E-state index contributed by atoms with van der Waals surface area (Å²) in [5.41, 5.74) is 13.7. The fraction of sp³-hybridized carbons (Fsp3) is 0.450. The maximum Gasteiger partial charge on any atom is 0.255 e. The summed E-state index contributed by atoms with van der Waals surface area (Å²) in [4.78, 5) is 12.7. The third kappa shape index (κ3) is 2.43. The van der Waals surface area contributed by atoms with Crippen LogP contribution in [-0.4, -0.2) is 4.57 Å². The van der Waals surface area contributed by atoms with E-state index < -0.39 is 0 Å². The van der Waals surface area contributed by atoms with Gasteiger partial charge in [0, 0.05) is 18.3 Å². The molecule has 0 spiro atoms. The Kier molecular flexibility index (Phi) is 3.61. The highest BCUT2D eigenvalue weighted by atomic mass is 16.1. The molecule has 0 aliphatic heterocycles. The molecular formula is C20H24N2O. The van der Waals surface area contributed by atoms with Gasteiger partial charge < -0.3 is 10.3 Å². The number of nitrogens with zero attached hydrogens (tertiary/aromatic N) is 1. The van der Waals surface area contributed by atoms with E-state index in [0.29, 0.717) is 0 Å². The highest BCUT2D eigenvalue weighted by Gasteiger charge is 2.22. The van der Waals surface area contributed by atoms with Gasteiger partial charge in [-0.25, -0.2) is 0 Å². The van der Waals surface area contributed by atoms with Crippen LogP contribution in [0.5, 0.6) is 0 Å². The molecule has 0 bridgehead atoms. The lowest BCUT2D eigenvalue weighted by Crippen LogP contribution is -2.29. The summed E-state index contributed by atoms with van der Waals surface area (Å²) < 4.78 is 1.82. The fourth-order valence-electron chi connectivity index (χ4n) is 4.20. The van der Waals surface area contributed by atoms with Crippen LogP contribution in [0.3, 0.4) is 0 Å². The number of pyridine rings is 1. The summed E-state index contributed by atoms with van der Waals surface area (Å²) in [5.74, 6) is 0. The third-order valence-electron chi connectivity index (χ3n) is 5.58. The van der Waals surface area contributed by atoms with Gasteiger partial charge in [-0.1, -0.05) is 18.2 Å². The first kappa shape index (κ1) is 14.7. The average molecular weight is 308 g/mol. The molecule has 4 rings (SSSR count). The van der Waals surface area contributed by atoms with Crippen molar-refractivity contribution in [1.29, 1.82) is 0 Å². The van der Waals surface area contributed by atoms with Gasteiger partial charge in [0.2, 0.25) is 0 Å². The van der Waals surface area contributed by atoms with Crippen molar-refractivity contribution in [2.45, 2.75) is 51.0 Å². The Morgan fingerprint density at radius 2 is 1.70 bits per heavy atom. The molecule has 2 aromatic rings. The molecule has 0 saturated heterocycles. The van der Waals surface area contributed by atoms with Crippen LogP contribution in [0.1, 0.15) is 58.8 Å². The molecule has 2 aliphatic rings. The van der Waals surface area contributed by atoms with Crippen molar-refractivity contribution in [3.63, 3.8) is 0 Å². The van der Waals surface area contributed by atoms with Crippen molar-refractivity contribution in [2.24, 2.45) is 12.8 Å².